The zero-order valence-electron chi connectivity index (χ0n) is 8.35. The quantitative estimate of drug-likeness (QED) is 0.901. The molecule has 6 heteroatoms. The SMILES string of the molecule is O=C(O)CN(C(=O)c1sccc1Cl)C1CC1. The Balaban J connectivity index is 2.17. The molecule has 0 radical (unpaired) electrons. The number of carbonyl (C=O) groups is 2. The first kappa shape index (κ1) is 11.4. The average Bonchev–Trinajstić information content (AvgIpc) is 2.97. The van der Waals surface area contributed by atoms with Crippen LogP contribution in [0, 0.1) is 0 Å². The minimum absolute atomic E-state index is 0.0711. The summed E-state index contributed by atoms with van der Waals surface area (Å²) in [6.07, 6.45) is 1.75. The summed E-state index contributed by atoms with van der Waals surface area (Å²) in [5.74, 6) is -1.27. The van der Waals surface area contributed by atoms with Gasteiger partial charge in [-0.2, -0.15) is 0 Å². The predicted octanol–water partition coefficient (Wildman–Crippen LogP) is 2.09. The van der Waals surface area contributed by atoms with Gasteiger partial charge in [0.2, 0.25) is 0 Å². The van der Waals surface area contributed by atoms with E-state index in [9.17, 15) is 9.59 Å². The van der Waals surface area contributed by atoms with E-state index in [-0.39, 0.29) is 18.5 Å². The Morgan fingerprint density at radius 3 is 2.69 bits per heavy atom. The third kappa shape index (κ3) is 2.36. The summed E-state index contributed by atoms with van der Waals surface area (Å²) in [5.41, 5.74) is 0. The van der Waals surface area contributed by atoms with Crippen LogP contribution in [0.3, 0.4) is 0 Å². The molecule has 0 atom stereocenters. The van der Waals surface area contributed by atoms with Gasteiger partial charge in [-0.25, -0.2) is 0 Å². The average molecular weight is 260 g/mol. The van der Waals surface area contributed by atoms with Gasteiger partial charge in [-0.3, -0.25) is 9.59 Å². The third-order valence-electron chi connectivity index (χ3n) is 2.37. The molecular formula is C10H10ClNO3S. The number of aliphatic carboxylic acids is 1. The third-order valence-corrected chi connectivity index (χ3v) is 3.69. The maximum Gasteiger partial charge on any atom is 0.323 e. The van der Waals surface area contributed by atoms with Gasteiger partial charge in [-0.15, -0.1) is 11.3 Å². The number of nitrogens with zero attached hydrogens (tertiary/aromatic N) is 1. The van der Waals surface area contributed by atoms with E-state index in [2.05, 4.69) is 0 Å². The van der Waals surface area contributed by atoms with Crippen molar-refractivity contribution < 1.29 is 14.7 Å². The number of carboxylic acid groups (broad SMARTS) is 1. The van der Waals surface area contributed by atoms with E-state index in [0.29, 0.717) is 9.90 Å². The molecule has 4 nitrogen and oxygen atoms in total. The van der Waals surface area contributed by atoms with Crippen molar-refractivity contribution in [2.75, 3.05) is 6.54 Å². The van der Waals surface area contributed by atoms with Crippen LogP contribution in [0.15, 0.2) is 11.4 Å². The summed E-state index contributed by atoms with van der Waals surface area (Å²) in [4.78, 5) is 24.5. The molecule has 1 fully saturated rings. The largest absolute Gasteiger partial charge is 0.480 e. The van der Waals surface area contributed by atoms with Crippen LogP contribution in [0.25, 0.3) is 0 Å². The molecule has 1 saturated carbocycles. The van der Waals surface area contributed by atoms with Crippen LogP contribution in [0.5, 0.6) is 0 Å². The molecule has 0 aliphatic heterocycles. The fraction of sp³-hybridized carbons (Fsp3) is 0.400. The Morgan fingerprint density at radius 2 is 2.25 bits per heavy atom. The summed E-state index contributed by atoms with van der Waals surface area (Å²) >= 11 is 7.10. The van der Waals surface area contributed by atoms with Crippen LogP contribution in [0.1, 0.15) is 22.5 Å². The lowest BCUT2D eigenvalue weighted by Gasteiger charge is -2.19. The zero-order valence-corrected chi connectivity index (χ0v) is 9.92. The molecule has 86 valence electrons. The number of hydrogen-bond donors (Lipinski definition) is 1. The first-order valence-corrected chi connectivity index (χ1v) is 6.11. The first-order valence-electron chi connectivity index (χ1n) is 4.85. The van der Waals surface area contributed by atoms with E-state index >= 15 is 0 Å². The van der Waals surface area contributed by atoms with Crippen LogP contribution < -0.4 is 0 Å². The highest BCUT2D eigenvalue weighted by Gasteiger charge is 2.35. The summed E-state index contributed by atoms with van der Waals surface area (Å²) < 4.78 is 0. The summed E-state index contributed by atoms with van der Waals surface area (Å²) in [6.45, 7) is -0.252. The van der Waals surface area contributed by atoms with Gasteiger partial charge in [0.25, 0.3) is 5.91 Å². The minimum atomic E-state index is -0.993. The van der Waals surface area contributed by atoms with Crippen LogP contribution in [-0.4, -0.2) is 34.5 Å². The topological polar surface area (TPSA) is 57.6 Å². The molecule has 0 aromatic carbocycles. The number of hydrogen-bond acceptors (Lipinski definition) is 3. The van der Waals surface area contributed by atoms with Crippen molar-refractivity contribution >= 4 is 34.8 Å². The number of amides is 1. The molecule has 0 spiro atoms. The predicted molar refractivity (Wildman–Crippen MR) is 61.0 cm³/mol. The van der Waals surface area contributed by atoms with E-state index in [4.69, 9.17) is 16.7 Å². The fourth-order valence-corrected chi connectivity index (χ4v) is 2.57. The number of thiophene rings is 1. The van der Waals surface area contributed by atoms with Gasteiger partial charge in [-0.05, 0) is 24.3 Å². The monoisotopic (exact) mass is 259 g/mol. The molecule has 0 bridgehead atoms. The number of rotatable bonds is 4. The Labute approximate surface area is 101 Å². The molecular weight excluding hydrogens is 250 g/mol. The van der Waals surface area contributed by atoms with Crippen molar-refractivity contribution in [1.29, 1.82) is 0 Å². The number of carboxylic acids is 1. The summed E-state index contributed by atoms with van der Waals surface area (Å²) in [6, 6.07) is 1.72. The standard InChI is InChI=1S/C10H10ClNO3S/c11-7-3-4-16-9(7)10(15)12(5-8(13)14)6-1-2-6/h3-4,6H,1-2,5H2,(H,13,14). The lowest BCUT2D eigenvalue weighted by atomic mass is 10.3. The van der Waals surface area contributed by atoms with Gasteiger partial charge in [-0.1, -0.05) is 11.6 Å². The highest BCUT2D eigenvalue weighted by molar-refractivity contribution is 7.12. The lowest BCUT2D eigenvalue weighted by molar-refractivity contribution is -0.137. The van der Waals surface area contributed by atoms with Crippen molar-refractivity contribution in [2.24, 2.45) is 0 Å². The fourth-order valence-electron chi connectivity index (χ4n) is 1.48. The van der Waals surface area contributed by atoms with Gasteiger partial charge in [0.15, 0.2) is 0 Å². The number of carbonyl (C=O) groups excluding carboxylic acids is 1. The highest BCUT2D eigenvalue weighted by atomic mass is 35.5. The molecule has 0 unspecified atom stereocenters. The van der Waals surface area contributed by atoms with Gasteiger partial charge in [0.1, 0.15) is 11.4 Å². The molecule has 16 heavy (non-hydrogen) atoms. The second-order valence-corrected chi connectivity index (χ2v) is 4.98. The minimum Gasteiger partial charge on any atom is -0.480 e. The smallest absolute Gasteiger partial charge is 0.323 e. The maximum absolute atomic E-state index is 12.0. The van der Waals surface area contributed by atoms with E-state index in [0.717, 1.165) is 12.8 Å². The van der Waals surface area contributed by atoms with Gasteiger partial charge in [0.05, 0.1) is 5.02 Å². The molecule has 1 amide bonds. The van der Waals surface area contributed by atoms with E-state index in [1.54, 1.807) is 11.4 Å². The second-order valence-electron chi connectivity index (χ2n) is 3.66. The van der Waals surface area contributed by atoms with E-state index < -0.39 is 5.97 Å². The van der Waals surface area contributed by atoms with E-state index in [1.807, 2.05) is 0 Å². The van der Waals surface area contributed by atoms with Crippen LogP contribution in [0.2, 0.25) is 5.02 Å². The molecule has 1 aromatic rings. The summed E-state index contributed by atoms with van der Waals surface area (Å²) in [7, 11) is 0. The number of halogens is 1. The van der Waals surface area contributed by atoms with Gasteiger partial charge < -0.3 is 10.0 Å². The van der Waals surface area contributed by atoms with Crippen LogP contribution >= 0.6 is 22.9 Å². The Hall–Kier alpha value is -1.07. The van der Waals surface area contributed by atoms with E-state index in [1.165, 1.54) is 16.2 Å². The highest BCUT2D eigenvalue weighted by Crippen LogP contribution is 2.31. The molecule has 1 aliphatic rings. The molecule has 0 saturated heterocycles. The van der Waals surface area contributed by atoms with Crippen molar-refractivity contribution in [3.8, 4) is 0 Å². The molecule has 2 rings (SSSR count). The normalized spacial score (nSPS) is 14.8. The maximum atomic E-state index is 12.0. The molecule has 1 heterocycles. The van der Waals surface area contributed by atoms with Gasteiger partial charge in [0, 0.05) is 6.04 Å². The van der Waals surface area contributed by atoms with Gasteiger partial charge >= 0.3 is 5.97 Å². The van der Waals surface area contributed by atoms with Crippen LogP contribution in [-0.2, 0) is 4.79 Å². The van der Waals surface area contributed by atoms with Crippen molar-refractivity contribution in [3.05, 3.63) is 21.3 Å². The zero-order chi connectivity index (χ0) is 11.7. The second kappa shape index (κ2) is 4.43. The Kier molecular flexibility index (Phi) is 3.16. The first-order chi connectivity index (χ1) is 7.59. The lowest BCUT2D eigenvalue weighted by Crippen LogP contribution is -2.37. The molecule has 1 N–H and O–H groups in total. The van der Waals surface area contributed by atoms with Crippen LogP contribution in [0.4, 0.5) is 0 Å². The molecule has 1 aromatic heterocycles. The van der Waals surface area contributed by atoms with Crippen molar-refractivity contribution in [2.45, 2.75) is 18.9 Å². The summed E-state index contributed by atoms with van der Waals surface area (Å²) in [5, 5.41) is 10.9. The van der Waals surface area contributed by atoms with Crippen molar-refractivity contribution in [1.82, 2.24) is 4.90 Å². The Bertz CT molecular complexity index is 427. The van der Waals surface area contributed by atoms with Crippen molar-refractivity contribution in [3.63, 3.8) is 0 Å². The molecule has 1 aliphatic carbocycles. The Morgan fingerprint density at radius 1 is 1.56 bits per heavy atom.